The number of urea groups is 1. The molecule has 0 fully saturated rings. The lowest BCUT2D eigenvalue weighted by atomic mass is 9.99. The van der Waals surface area contributed by atoms with Gasteiger partial charge in [0.05, 0.1) is 29.7 Å². The minimum Gasteiger partial charge on any atom is -0.487 e. The number of amides is 3. The molecule has 10 nitrogen and oxygen atoms in total. The van der Waals surface area contributed by atoms with Gasteiger partial charge < -0.3 is 25.0 Å². The number of ether oxygens (including phenoxy) is 1. The number of fused-ring (bicyclic) bond motifs is 1. The van der Waals surface area contributed by atoms with Crippen LogP contribution in [0.15, 0.2) is 71.6 Å². The van der Waals surface area contributed by atoms with Crippen LogP contribution in [0.3, 0.4) is 0 Å². The Hall–Kier alpha value is -3.87. The van der Waals surface area contributed by atoms with Crippen molar-refractivity contribution in [1.29, 1.82) is 0 Å². The lowest BCUT2D eigenvalue weighted by Gasteiger charge is -2.38. The van der Waals surface area contributed by atoms with Crippen molar-refractivity contribution in [3.8, 4) is 5.75 Å². The molecule has 42 heavy (non-hydrogen) atoms. The fourth-order valence-electron chi connectivity index (χ4n) is 4.44. The number of benzene rings is 3. The first-order chi connectivity index (χ1) is 19.9. The molecule has 3 N–H and O–H groups in total. The van der Waals surface area contributed by atoms with Crippen LogP contribution in [0.25, 0.3) is 0 Å². The van der Waals surface area contributed by atoms with E-state index in [0.29, 0.717) is 10.7 Å². The zero-order chi connectivity index (χ0) is 30.6. The lowest BCUT2D eigenvalue weighted by Crippen LogP contribution is -2.50. The predicted molar refractivity (Wildman–Crippen MR) is 158 cm³/mol. The first kappa shape index (κ1) is 31.1. The van der Waals surface area contributed by atoms with Gasteiger partial charge in [-0.1, -0.05) is 18.5 Å². The molecule has 0 spiro atoms. The Balaban J connectivity index is 1.61. The largest absolute Gasteiger partial charge is 0.487 e. The number of hydrogen-bond acceptors (Lipinski definition) is 6. The quantitative estimate of drug-likeness (QED) is 0.337. The van der Waals surface area contributed by atoms with Crippen LogP contribution in [0, 0.1) is 11.7 Å². The number of anilines is 2. The summed E-state index contributed by atoms with van der Waals surface area (Å²) in [6.07, 6.45) is -0.578. The maximum absolute atomic E-state index is 13.7. The third kappa shape index (κ3) is 7.30. The molecule has 0 bridgehead atoms. The highest BCUT2D eigenvalue weighted by molar-refractivity contribution is 7.92. The Morgan fingerprint density at radius 1 is 1.14 bits per heavy atom. The van der Waals surface area contributed by atoms with E-state index in [1.165, 1.54) is 76.5 Å². The first-order valence-corrected chi connectivity index (χ1v) is 15.0. The number of halogens is 2. The molecule has 0 aliphatic carbocycles. The van der Waals surface area contributed by atoms with Crippen LogP contribution < -0.4 is 14.8 Å². The summed E-state index contributed by atoms with van der Waals surface area (Å²) in [5, 5.41) is 13.0. The number of sulfonamides is 1. The molecule has 0 radical (unpaired) electrons. The Kier molecular flexibility index (Phi) is 9.60. The summed E-state index contributed by atoms with van der Waals surface area (Å²) >= 11 is 5.88. The van der Waals surface area contributed by atoms with Gasteiger partial charge in [0, 0.05) is 35.9 Å². The number of nitrogens with one attached hydrogen (secondary N) is 2. The van der Waals surface area contributed by atoms with Gasteiger partial charge in [0.2, 0.25) is 0 Å². The predicted octanol–water partition coefficient (Wildman–Crippen LogP) is 4.66. The summed E-state index contributed by atoms with van der Waals surface area (Å²) in [6, 6.07) is 14.4. The summed E-state index contributed by atoms with van der Waals surface area (Å²) < 4.78 is 47.9. The minimum atomic E-state index is -3.98. The van der Waals surface area contributed by atoms with Crippen LogP contribution in [0.5, 0.6) is 5.75 Å². The molecule has 3 atom stereocenters. The second-order valence-electron chi connectivity index (χ2n) is 10.2. The molecule has 3 amide bonds. The number of aliphatic hydroxyl groups excluding tert-OH is 1. The van der Waals surface area contributed by atoms with Crippen LogP contribution >= 0.6 is 11.6 Å². The number of aliphatic hydroxyl groups is 1. The molecular formula is C29H32ClFN4O6S. The third-order valence-electron chi connectivity index (χ3n) is 6.94. The second-order valence-corrected chi connectivity index (χ2v) is 12.3. The topological polar surface area (TPSA) is 128 Å². The van der Waals surface area contributed by atoms with Gasteiger partial charge in [0.25, 0.3) is 15.9 Å². The lowest BCUT2D eigenvalue weighted by molar-refractivity contribution is 0.0371. The Morgan fingerprint density at radius 3 is 2.43 bits per heavy atom. The first-order valence-electron chi connectivity index (χ1n) is 13.2. The summed E-state index contributed by atoms with van der Waals surface area (Å²) in [5.41, 5.74) is 0.660. The number of carbonyl (C=O) groups excluding carboxylic acids is 2. The van der Waals surface area contributed by atoms with Crippen molar-refractivity contribution in [1.82, 2.24) is 9.80 Å². The number of carbonyl (C=O) groups is 2. The average molecular weight is 619 g/mol. The van der Waals surface area contributed by atoms with Gasteiger partial charge in [-0.25, -0.2) is 17.6 Å². The zero-order valence-corrected chi connectivity index (χ0v) is 24.8. The van der Waals surface area contributed by atoms with E-state index in [0.717, 1.165) is 0 Å². The molecule has 3 aromatic carbocycles. The van der Waals surface area contributed by atoms with Crippen molar-refractivity contribution in [2.45, 2.75) is 30.9 Å². The number of nitrogens with zero attached hydrogens (tertiary/aromatic N) is 2. The molecule has 0 aromatic heterocycles. The van der Waals surface area contributed by atoms with Crippen LogP contribution in [0.2, 0.25) is 5.02 Å². The molecular weight excluding hydrogens is 587 g/mol. The van der Waals surface area contributed by atoms with Gasteiger partial charge in [-0.05, 0) is 73.7 Å². The monoisotopic (exact) mass is 618 g/mol. The minimum absolute atomic E-state index is 0.00686. The SMILES string of the molecule is C[C@H](CO)N1C[C@H](C)[C@H](CN(C)C(=O)Nc2ccc(F)cc2)Oc2ccc(NS(=O)(=O)c3ccc(Cl)cc3)cc2C1=O. The van der Waals surface area contributed by atoms with Crippen molar-refractivity contribution in [3.05, 3.63) is 83.1 Å². The second kappa shape index (κ2) is 13.0. The Labute approximate surface area is 249 Å². The molecule has 1 aliphatic heterocycles. The summed E-state index contributed by atoms with van der Waals surface area (Å²) in [6.45, 7) is 3.63. The van der Waals surface area contributed by atoms with E-state index in [-0.39, 0.29) is 47.5 Å². The number of rotatable bonds is 8. The molecule has 0 saturated heterocycles. The van der Waals surface area contributed by atoms with Crippen molar-refractivity contribution in [2.24, 2.45) is 5.92 Å². The van der Waals surface area contributed by atoms with Gasteiger partial charge >= 0.3 is 6.03 Å². The zero-order valence-electron chi connectivity index (χ0n) is 23.3. The maximum Gasteiger partial charge on any atom is 0.321 e. The van der Waals surface area contributed by atoms with E-state index in [2.05, 4.69) is 10.0 Å². The molecule has 0 unspecified atom stereocenters. The standard InChI is InChI=1S/C29H32ClFN4O6S/c1-18-15-35(19(2)17-36)28(37)25-14-23(33-42(39,40)24-11-4-20(30)5-12-24)10-13-26(25)41-27(18)16-34(3)29(38)32-22-8-6-21(31)7-9-22/h4-14,18-19,27,33,36H,15-17H2,1-3H3,(H,32,38)/t18-,19+,27-/m0/s1. The summed E-state index contributed by atoms with van der Waals surface area (Å²) in [4.78, 5) is 29.4. The fourth-order valence-corrected chi connectivity index (χ4v) is 5.61. The van der Waals surface area contributed by atoms with Crippen molar-refractivity contribution in [3.63, 3.8) is 0 Å². The van der Waals surface area contributed by atoms with Crippen LogP contribution in [0.1, 0.15) is 24.2 Å². The van der Waals surface area contributed by atoms with E-state index in [9.17, 15) is 27.5 Å². The number of hydrogen-bond donors (Lipinski definition) is 3. The third-order valence-corrected chi connectivity index (χ3v) is 8.59. The van der Waals surface area contributed by atoms with Crippen LogP contribution in [-0.4, -0.2) is 74.2 Å². The van der Waals surface area contributed by atoms with Gasteiger partial charge in [-0.2, -0.15) is 0 Å². The Morgan fingerprint density at radius 2 is 1.79 bits per heavy atom. The van der Waals surface area contributed by atoms with Gasteiger partial charge in [-0.3, -0.25) is 9.52 Å². The average Bonchev–Trinajstić information content (AvgIpc) is 2.96. The van der Waals surface area contributed by atoms with Crippen molar-refractivity contribution in [2.75, 3.05) is 36.8 Å². The normalized spacial score (nSPS) is 17.8. The van der Waals surface area contributed by atoms with E-state index in [1.807, 2.05) is 6.92 Å². The fraction of sp³-hybridized carbons (Fsp3) is 0.310. The van der Waals surface area contributed by atoms with Crippen LogP contribution in [-0.2, 0) is 10.0 Å². The van der Waals surface area contributed by atoms with Gasteiger partial charge in [-0.15, -0.1) is 0 Å². The van der Waals surface area contributed by atoms with Gasteiger partial charge in [0.15, 0.2) is 0 Å². The smallest absolute Gasteiger partial charge is 0.321 e. The van der Waals surface area contributed by atoms with E-state index in [1.54, 1.807) is 14.0 Å². The highest BCUT2D eigenvalue weighted by Gasteiger charge is 2.34. The molecule has 1 aliphatic rings. The van der Waals surface area contributed by atoms with Gasteiger partial charge in [0.1, 0.15) is 17.7 Å². The Bertz CT molecular complexity index is 1540. The van der Waals surface area contributed by atoms with E-state index < -0.39 is 39.9 Å². The van der Waals surface area contributed by atoms with Crippen molar-refractivity contribution < 1.29 is 32.2 Å². The molecule has 3 aromatic rings. The molecule has 13 heteroatoms. The molecule has 224 valence electrons. The maximum atomic E-state index is 13.7. The number of likely N-dealkylation sites (N-methyl/N-ethyl adjacent to an activating group) is 1. The summed E-state index contributed by atoms with van der Waals surface area (Å²) in [7, 11) is -2.40. The highest BCUT2D eigenvalue weighted by Crippen LogP contribution is 2.31. The van der Waals surface area contributed by atoms with E-state index >= 15 is 0 Å². The molecule has 4 rings (SSSR count). The van der Waals surface area contributed by atoms with E-state index in [4.69, 9.17) is 16.3 Å². The van der Waals surface area contributed by atoms with Crippen LogP contribution in [0.4, 0.5) is 20.6 Å². The summed E-state index contributed by atoms with van der Waals surface area (Å²) in [5.74, 6) is -0.922. The molecule has 0 saturated carbocycles. The highest BCUT2D eigenvalue weighted by atomic mass is 35.5. The molecule has 1 heterocycles. The van der Waals surface area contributed by atoms with Crippen molar-refractivity contribution >= 4 is 44.9 Å².